The van der Waals surface area contributed by atoms with Crippen LogP contribution in [0.2, 0.25) is 0 Å². The van der Waals surface area contributed by atoms with Crippen LogP contribution in [-0.2, 0) is 13.1 Å². The van der Waals surface area contributed by atoms with Gasteiger partial charge in [0.25, 0.3) is 5.91 Å². The van der Waals surface area contributed by atoms with E-state index in [2.05, 4.69) is 10.6 Å². The molecule has 0 saturated heterocycles. The zero-order chi connectivity index (χ0) is 14.8. The van der Waals surface area contributed by atoms with Gasteiger partial charge < -0.3 is 15.7 Å². The number of phenols is 1. The Balaban J connectivity index is 1.74. The van der Waals surface area contributed by atoms with Crippen LogP contribution in [0.25, 0.3) is 0 Å². The largest absolute Gasteiger partial charge is 0.508 e. The molecule has 0 aromatic heterocycles. The van der Waals surface area contributed by atoms with E-state index in [1.807, 2.05) is 31.2 Å². The van der Waals surface area contributed by atoms with Gasteiger partial charge >= 0.3 is 0 Å². The first kappa shape index (κ1) is 13.6. The Bertz CT molecular complexity index is 682. The van der Waals surface area contributed by atoms with Gasteiger partial charge in [-0.05, 0) is 47.9 Å². The lowest BCUT2D eigenvalue weighted by Crippen LogP contribution is -2.26. The Morgan fingerprint density at radius 2 is 2.00 bits per heavy atom. The summed E-state index contributed by atoms with van der Waals surface area (Å²) in [7, 11) is 0. The third-order valence-electron chi connectivity index (χ3n) is 3.82. The lowest BCUT2D eigenvalue weighted by atomic mass is 10.0. The molecule has 1 amide bonds. The summed E-state index contributed by atoms with van der Waals surface area (Å²) in [4.78, 5) is 12.3. The molecule has 1 aliphatic heterocycles. The number of carbonyl (C=O) groups excluding carboxylic acids is 1. The molecule has 3 rings (SSSR count). The molecule has 0 aliphatic carbocycles. The second-order valence-electron chi connectivity index (χ2n) is 5.38. The molecule has 1 unspecified atom stereocenters. The van der Waals surface area contributed by atoms with Crippen molar-refractivity contribution in [3.63, 3.8) is 0 Å². The highest BCUT2D eigenvalue weighted by Crippen LogP contribution is 2.20. The van der Waals surface area contributed by atoms with Crippen molar-refractivity contribution in [3.8, 4) is 5.75 Å². The van der Waals surface area contributed by atoms with E-state index in [1.165, 1.54) is 11.1 Å². The molecule has 4 nitrogen and oxygen atoms in total. The smallest absolute Gasteiger partial charge is 0.251 e. The first-order valence-corrected chi connectivity index (χ1v) is 7.06. The minimum absolute atomic E-state index is 0.0967. The molecule has 21 heavy (non-hydrogen) atoms. The molecule has 0 fully saturated rings. The third-order valence-corrected chi connectivity index (χ3v) is 3.82. The third kappa shape index (κ3) is 2.90. The molecule has 0 radical (unpaired) electrons. The minimum atomic E-state index is -0.157. The summed E-state index contributed by atoms with van der Waals surface area (Å²) < 4.78 is 0. The Hall–Kier alpha value is -2.33. The van der Waals surface area contributed by atoms with Crippen LogP contribution in [0.15, 0.2) is 42.5 Å². The highest BCUT2D eigenvalue weighted by molar-refractivity contribution is 5.94. The van der Waals surface area contributed by atoms with Gasteiger partial charge in [0.2, 0.25) is 0 Å². The number of phenolic OH excluding ortho intramolecular Hbond substituents is 1. The standard InChI is InChI=1S/C17H18N2O2/c1-11(12-3-2-4-16(20)8-12)19-17(21)13-5-6-14-9-18-10-15(14)7-13/h2-8,11,18,20H,9-10H2,1H3,(H,19,21). The molecule has 1 heterocycles. The Kier molecular flexibility index (Phi) is 3.62. The number of aromatic hydroxyl groups is 1. The summed E-state index contributed by atoms with van der Waals surface area (Å²) in [5.41, 5.74) is 4.00. The van der Waals surface area contributed by atoms with Crippen molar-refractivity contribution in [2.24, 2.45) is 0 Å². The van der Waals surface area contributed by atoms with Crippen molar-refractivity contribution in [1.82, 2.24) is 10.6 Å². The van der Waals surface area contributed by atoms with E-state index in [9.17, 15) is 9.90 Å². The molecule has 0 spiro atoms. The van der Waals surface area contributed by atoms with Gasteiger partial charge in [0.1, 0.15) is 5.75 Å². The zero-order valence-corrected chi connectivity index (χ0v) is 11.9. The van der Waals surface area contributed by atoms with Crippen molar-refractivity contribution in [1.29, 1.82) is 0 Å². The summed E-state index contributed by atoms with van der Waals surface area (Å²) in [5.74, 6) is 0.109. The Morgan fingerprint density at radius 1 is 1.19 bits per heavy atom. The molecule has 1 aliphatic rings. The molecule has 0 bridgehead atoms. The quantitative estimate of drug-likeness (QED) is 0.810. The SMILES string of the molecule is CC(NC(=O)c1ccc2c(c1)CNC2)c1cccc(O)c1. The van der Waals surface area contributed by atoms with Crippen molar-refractivity contribution < 1.29 is 9.90 Å². The van der Waals surface area contributed by atoms with Gasteiger partial charge in [-0.3, -0.25) is 4.79 Å². The predicted octanol–water partition coefficient (Wildman–Crippen LogP) is 2.49. The number of carbonyl (C=O) groups is 1. The van der Waals surface area contributed by atoms with Crippen LogP contribution in [0.5, 0.6) is 5.75 Å². The monoisotopic (exact) mass is 282 g/mol. The van der Waals surface area contributed by atoms with Gasteiger partial charge in [-0.25, -0.2) is 0 Å². The van der Waals surface area contributed by atoms with Crippen molar-refractivity contribution in [2.75, 3.05) is 0 Å². The van der Waals surface area contributed by atoms with E-state index in [0.29, 0.717) is 5.56 Å². The maximum Gasteiger partial charge on any atom is 0.251 e. The van der Waals surface area contributed by atoms with Gasteiger partial charge in [-0.15, -0.1) is 0 Å². The predicted molar refractivity (Wildman–Crippen MR) is 81.0 cm³/mol. The van der Waals surface area contributed by atoms with Crippen LogP contribution >= 0.6 is 0 Å². The molecule has 4 heteroatoms. The highest BCUT2D eigenvalue weighted by Gasteiger charge is 2.15. The van der Waals surface area contributed by atoms with Crippen molar-refractivity contribution in [2.45, 2.75) is 26.1 Å². The number of hydrogen-bond donors (Lipinski definition) is 3. The number of rotatable bonds is 3. The van der Waals surface area contributed by atoms with Crippen LogP contribution in [0.4, 0.5) is 0 Å². The van der Waals surface area contributed by atoms with E-state index < -0.39 is 0 Å². The fraction of sp³-hybridized carbons (Fsp3) is 0.235. The van der Waals surface area contributed by atoms with Gasteiger partial charge in [0, 0.05) is 18.7 Å². The number of nitrogens with one attached hydrogen (secondary N) is 2. The van der Waals surface area contributed by atoms with E-state index in [-0.39, 0.29) is 17.7 Å². The van der Waals surface area contributed by atoms with E-state index in [4.69, 9.17) is 0 Å². The fourth-order valence-corrected chi connectivity index (χ4v) is 2.59. The van der Waals surface area contributed by atoms with Crippen LogP contribution in [0.1, 0.15) is 40.0 Å². The number of amides is 1. The van der Waals surface area contributed by atoms with Gasteiger partial charge in [0.15, 0.2) is 0 Å². The summed E-state index contributed by atoms with van der Waals surface area (Å²) in [6.45, 7) is 3.59. The van der Waals surface area contributed by atoms with Crippen LogP contribution in [0, 0.1) is 0 Å². The first-order valence-electron chi connectivity index (χ1n) is 7.06. The second-order valence-corrected chi connectivity index (χ2v) is 5.38. The highest BCUT2D eigenvalue weighted by atomic mass is 16.3. The zero-order valence-electron chi connectivity index (χ0n) is 11.9. The Labute approximate surface area is 123 Å². The number of fused-ring (bicyclic) bond motifs is 1. The maximum absolute atomic E-state index is 12.3. The van der Waals surface area contributed by atoms with E-state index in [1.54, 1.807) is 18.2 Å². The van der Waals surface area contributed by atoms with Crippen LogP contribution in [-0.4, -0.2) is 11.0 Å². The summed E-state index contributed by atoms with van der Waals surface area (Å²) in [6, 6.07) is 12.6. The number of hydrogen-bond acceptors (Lipinski definition) is 3. The molecule has 0 saturated carbocycles. The maximum atomic E-state index is 12.3. The molecule has 3 N–H and O–H groups in total. The number of benzene rings is 2. The summed E-state index contributed by atoms with van der Waals surface area (Å²) >= 11 is 0. The van der Waals surface area contributed by atoms with Gasteiger partial charge in [-0.2, -0.15) is 0 Å². The van der Waals surface area contributed by atoms with Gasteiger partial charge in [-0.1, -0.05) is 18.2 Å². The topological polar surface area (TPSA) is 61.4 Å². The summed E-state index contributed by atoms with van der Waals surface area (Å²) in [6.07, 6.45) is 0. The fourth-order valence-electron chi connectivity index (χ4n) is 2.59. The van der Waals surface area contributed by atoms with Crippen molar-refractivity contribution >= 4 is 5.91 Å². The lowest BCUT2D eigenvalue weighted by Gasteiger charge is -2.15. The first-order chi connectivity index (χ1) is 10.1. The molecule has 108 valence electrons. The molecular weight excluding hydrogens is 264 g/mol. The molecule has 2 aromatic rings. The van der Waals surface area contributed by atoms with Crippen LogP contribution in [0.3, 0.4) is 0 Å². The summed E-state index contributed by atoms with van der Waals surface area (Å²) in [5, 5.41) is 15.7. The van der Waals surface area contributed by atoms with Crippen molar-refractivity contribution in [3.05, 3.63) is 64.7 Å². The minimum Gasteiger partial charge on any atom is -0.508 e. The molecule has 2 aromatic carbocycles. The Morgan fingerprint density at radius 3 is 2.81 bits per heavy atom. The normalized spacial score (nSPS) is 14.5. The average Bonchev–Trinajstić information content (AvgIpc) is 2.94. The van der Waals surface area contributed by atoms with E-state index >= 15 is 0 Å². The van der Waals surface area contributed by atoms with Crippen LogP contribution < -0.4 is 10.6 Å². The average molecular weight is 282 g/mol. The lowest BCUT2D eigenvalue weighted by molar-refractivity contribution is 0.0939. The van der Waals surface area contributed by atoms with Gasteiger partial charge in [0.05, 0.1) is 6.04 Å². The van der Waals surface area contributed by atoms with E-state index in [0.717, 1.165) is 18.7 Å². The molecule has 1 atom stereocenters. The second kappa shape index (κ2) is 5.58. The molecular formula is C17H18N2O2.